The van der Waals surface area contributed by atoms with Crippen LogP contribution in [0.3, 0.4) is 0 Å². The summed E-state index contributed by atoms with van der Waals surface area (Å²) in [7, 11) is 0. The van der Waals surface area contributed by atoms with Gasteiger partial charge in [-0.15, -0.1) is 0 Å². The lowest BCUT2D eigenvalue weighted by Crippen LogP contribution is -2.16. The molecule has 0 aliphatic heterocycles. The Morgan fingerprint density at radius 3 is 2.89 bits per heavy atom. The van der Waals surface area contributed by atoms with E-state index in [1.807, 2.05) is 19.1 Å². The van der Waals surface area contributed by atoms with Gasteiger partial charge in [-0.05, 0) is 59.4 Å². The Kier molecular flexibility index (Phi) is 3.43. The molecule has 0 bridgehead atoms. The molecular weight excluding hydrogens is 351 g/mol. The van der Waals surface area contributed by atoms with Crippen molar-refractivity contribution in [3.05, 3.63) is 49.4 Å². The van der Waals surface area contributed by atoms with E-state index in [4.69, 9.17) is 0 Å². The van der Waals surface area contributed by atoms with E-state index in [2.05, 4.69) is 44.7 Å². The van der Waals surface area contributed by atoms with Crippen LogP contribution in [0.25, 0.3) is 11.4 Å². The average molecular weight is 366 g/mol. The summed E-state index contributed by atoms with van der Waals surface area (Å²) in [6.07, 6.45) is 3.33. The zero-order valence-corrected chi connectivity index (χ0v) is 12.9. The SMILES string of the molecule is CCc1nc(-c2cccc(C3CC3)c2)[nH]c(=O)c1I. The highest BCUT2D eigenvalue weighted by molar-refractivity contribution is 14.1. The van der Waals surface area contributed by atoms with Crippen molar-refractivity contribution in [1.29, 1.82) is 0 Å². The quantitative estimate of drug-likeness (QED) is 0.846. The summed E-state index contributed by atoms with van der Waals surface area (Å²) in [6.45, 7) is 2.02. The van der Waals surface area contributed by atoms with Crippen LogP contribution in [-0.4, -0.2) is 9.97 Å². The molecule has 3 rings (SSSR count). The number of halogens is 1. The first kappa shape index (κ1) is 12.8. The molecule has 2 aromatic rings. The summed E-state index contributed by atoms with van der Waals surface area (Å²) in [5.74, 6) is 1.39. The van der Waals surface area contributed by atoms with Gasteiger partial charge in [0, 0.05) is 5.56 Å². The molecule has 1 aromatic carbocycles. The first-order valence-corrected chi connectivity index (χ1v) is 7.66. The highest BCUT2D eigenvalue weighted by Crippen LogP contribution is 2.40. The topological polar surface area (TPSA) is 45.8 Å². The van der Waals surface area contributed by atoms with Crippen molar-refractivity contribution in [3.8, 4) is 11.4 Å². The van der Waals surface area contributed by atoms with E-state index in [1.165, 1.54) is 18.4 Å². The Labute approximate surface area is 125 Å². The molecule has 3 nitrogen and oxygen atoms in total. The lowest BCUT2D eigenvalue weighted by molar-refractivity contribution is 0.967. The van der Waals surface area contributed by atoms with Crippen LogP contribution in [0.1, 0.15) is 36.9 Å². The zero-order valence-electron chi connectivity index (χ0n) is 10.7. The van der Waals surface area contributed by atoms with Gasteiger partial charge in [0.25, 0.3) is 5.56 Å². The van der Waals surface area contributed by atoms with Gasteiger partial charge in [-0.25, -0.2) is 4.98 Å². The third kappa shape index (κ3) is 2.59. The standard InChI is InChI=1S/C15H15IN2O/c1-2-12-13(16)15(19)18-14(17-12)11-5-3-4-10(8-11)9-6-7-9/h3-5,8-9H,2,6-7H2,1H3,(H,17,18,19). The lowest BCUT2D eigenvalue weighted by atomic mass is 10.1. The van der Waals surface area contributed by atoms with Gasteiger partial charge in [-0.2, -0.15) is 0 Å². The summed E-state index contributed by atoms with van der Waals surface area (Å²) >= 11 is 2.06. The second-order valence-corrected chi connectivity index (χ2v) is 6.01. The van der Waals surface area contributed by atoms with E-state index in [1.54, 1.807) is 0 Å². The van der Waals surface area contributed by atoms with Crippen molar-refractivity contribution >= 4 is 22.6 Å². The van der Waals surface area contributed by atoms with Crippen LogP contribution in [0.5, 0.6) is 0 Å². The molecule has 1 aromatic heterocycles. The molecule has 0 unspecified atom stereocenters. The largest absolute Gasteiger partial charge is 0.306 e. The third-order valence-electron chi connectivity index (χ3n) is 3.48. The average Bonchev–Trinajstić information content (AvgIpc) is 3.26. The minimum Gasteiger partial charge on any atom is -0.306 e. The molecule has 1 fully saturated rings. The summed E-state index contributed by atoms with van der Waals surface area (Å²) < 4.78 is 0.696. The third-order valence-corrected chi connectivity index (χ3v) is 4.59. The fourth-order valence-corrected chi connectivity index (χ4v) is 2.87. The minimum atomic E-state index is -0.0423. The van der Waals surface area contributed by atoms with Gasteiger partial charge < -0.3 is 4.98 Å². The Balaban J connectivity index is 2.08. The van der Waals surface area contributed by atoms with Crippen molar-refractivity contribution < 1.29 is 0 Å². The fourth-order valence-electron chi connectivity index (χ4n) is 2.23. The first-order chi connectivity index (χ1) is 9.19. The Morgan fingerprint density at radius 1 is 1.42 bits per heavy atom. The van der Waals surface area contributed by atoms with Crippen LogP contribution in [-0.2, 0) is 6.42 Å². The number of hydrogen-bond donors (Lipinski definition) is 1. The molecule has 1 N–H and O–H groups in total. The first-order valence-electron chi connectivity index (χ1n) is 6.58. The number of nitrogens with zero attached hydrogens (tertiary/aromatic N) is 1. The summed E-state index contributed by atoms with van der Waals surface area (Å²) in [5, 5.41) is 0. The maximum absolute atomic E-state index is 11.9. The van der Waals surface area contributed by atoms with Crippen LogP contribution < -0.4 is 5.56 Å². The molecule has 1 aliphatic carbocycles. The minimum absolute atomic E-state index is 0.0423. The summed E-state index contributed by atoms with van der Waals surface area (Å²) in [6, 6.07) is 8.37. The molecule has 0 amide bonds. The van der Waals surface area contributed by atoms with Gasteiger partial charge in [-0.1, -0.05) is 25.1 Å². The smallest absolute Gasteiger partial charge is 0.264 e. The lowest BCUT2D eigenvalue weighted by Gasteiger charge is -2.07. The number of nitrogens with one attached hydrogen (secondary N) is 1. The van der Waals surface area contributed by atoms with Gasteiger partial charge >= 0.3 is 0 Å². The highest BCUT2D eigenvalue weighted by atomic mass is 127. The molecule has 19 heavy (non-hydrogen) atoms. The maximum Gasteiger partial charge on any atom is 0.264 e. The predicted molar refractivity (Wildman–Crippen MR) is 84.4 cm³/mol. The Morgan fingerprint density at radius 2 is 2.21 bits per heavy atom. The molecule has 0 radical (unpaired) electrons. The molecule has 98 valence electrons. The van der Waals surface area contributed by atoms with Crippen molar-refractivity contribution in [2.45, 2.75) is 32.1 Å². The molecule has 0 saturated heterocycles. The molecular formula is C15H15IN2O. The van der Waals surface area contributed by atoms with Crippen LogP contribution in [0.4, 0.5) is 0 Å². The molecule has 1 saturated carbocycles. The fraction of sp³-hybridized carbons (Fsp3) is 0.333. The van der Waals surface area contributed by atoms with E-state index in [-0.39, 0.29) is 5.56 Å². The Hall–Kier alpha value is -1.17. The number of hydrogen-bond acceptors (Lipinski definition) is 2. The zero-order chi connectivity index (χ0) is 13.4. The van der Waals surface area contributed by atoms with Crippen LogP contribution in [0, 0.1) is 3.57 Å². The molecule has 1 heterocycles. The van der Waals surface area contributed by atoms with Crippen molar-refractivity contribution in [3.63, 3.8) is 0 Å². The van der Waals surface area contributed by atoms with Crippen molar-refractivity contribution in [2.75, 3.05) is 0 Å². The highest BCUT2D eigenvalue weighted by Gasteiger charge is 2.23. The van der Waals surface area contributed by atoms with Crippen LogP contribution in [0.2, 0.25) is 0 Å². The van der Waals surface area contributed by atoms with Crippen molar-refractivity contribution in [1.82, 2.24) is 9.97 Å². The number of aromatic nitrogens is 2. The number of H-pyrrole nitrogens is 1. The number of aromatic amines is 1. The van der Waals surface area contributed by atoms with Gasteiger partial charge in [0.15, 0.2) is 0 Å². The second kappa shape index (κ2) is 5.07. The van der Waals surface area contributed by atoms with Crippen LogP contribution in [0.15, 0.2) is 29.1 Å². The predicted octanol–water partition coefficient (Wildman–Crippen LogP) is 3.48. The maximum atomic E-state index is 11.9. The van der Waals surface area contributed by atoms with E-state index in [0.29, 0.717) is 15.3 Å². The molecule has 1 aliphatic rings. The normalized spacial score (nSPS) is 14.6. The van der Waals surface area contributed by atoms with E-state index in [0.717, 1.165) is 17.7 Å². The van der Waals surface area contributed by atoms with Gasteiger partial charge in [0.1, 0.15) is 5.82 Å². The monoisotopic (exact) mass is 366 g/mol. The Bertz CT molecular complexity index is 674. The summed E-state index contributed by atoms with van der Waals surface area (Å²) in [4.78, 5) is 19.4. The van der Waals surface area contributed by atoms with Gasteiger partial charge in [0.2, 0.25) is 0 Å². The van der Waals surface area contributed by atoms with Gasteiger partial charge in [-0.3, -0.25) is 4.79 Å². The van der Waals surface area contributed by atoms with Crippen LogP contribution >= 0.6 is 22.6 Å². The number of aryl methyl sites for hydroxylation is 1. The van der Waals surface area contributed by atoms with Gasteiger partial charge in [0.05, 0.1) is 9.26 Å². The summed E-state index contributed by atoms with van der Waals surface area (Å²) in [5.41, 5.74) is 3.19. The molecule has 0 atom stereocenters. The van der Waals surface area contributed by atoms with E-state index < -0.39 is 0 Å². The van der Waals surface area contributed by atoms with Crippen molar-refractivity contribution in [2.24, 2.45) is 0 Å². The number of rotatable bonds is 3. The van der Waals surface area contributed by atoms with E-state index in [9.17, 15) is 4.79 Å². The number of benzene rings is 1. The molecule has 0 spiro atoms. The second-order valence-electron chi connectivity index (χ2n) is 4.93. The van der Waals surface area contributed by atoms with E-state index >= 15 is 0 Å². The molecule has 4 heteroatoms.